The van der Waals surface area contributed by atoms with E-state index in [9.17, 15) is 31.1 Å². The van der Waals surface area contributed by atoms with E-state index in [4.69, 9.17) is 5.11 Å². The third-order valence-electron chi connectivity index (χ3n) is 2.74. The van der Waals surface area contributed by atoms with Gasteiger partial charge in [-0.05, 0) is 24.6 Å². The van der Waals surface area contributed by atoms with E-state index in [0.717, 1.165) is 12.1 Å². The van der Waals surface area contributed by atoms with Crippen LogP contribution in [0.5, 0.6) is 5.75 Å². The first-order chi connectivity index (χ1) is 10.4. The molecule has 2 N–H and O–H groups in total. The van der Waals surface area contributed by atoms with E-state index in [2.05, 4.69) is 10.1 Å². The summed E-state index contributed by atoms with van der Waals surface area (Å²) in [6.45, 7) is 1.47. The quantitative estimate of drug-likeness (QED) is 0.746. The lowest BCUT2D eigenvalue weighted by Gasteiger charge is -2.23. The van der Waals surface area contributed by atoms with E-state index in [1.54, 1.807) is 0 Å². The van der Waals surface area contributed by atoms with Crippen molar-refractivity contribution in [2.24, 2.45) is 0 Å². The number of ether oxygens (including phenoxy) is 1. The summed E-state index contributed by atoms with van der Waals surface area (Å²) in [5.74, 6) is -1.75. The largest absolute Gasteiger partial charge is 0.480 e. The van der Waals surface area contributed by atoms with E-state index in [0.29, 0.717) is 5.56 Å². The van der Waals surface area contributed by atoms with Crippen molar-refractivity contribution < 1.29 is 41.0 Å². The molecule has 0 aliphatic heterocycles. The molecule has 23 heavy (non-hydrogen) atoms. The fourth-order valence-corrected chi connectivity index (χ4v) is 1.43. The Kier molecular flexibility index (Phi) is 5.86. The van der Waals surface area contributed by atoms with E-state index in [-0.39, 0.29) is 6.54 Å². The number of hydrogen-bond donors (Lipinski definition) is 2. The summed E-state index contributed by atoms with van der Waals surface area (Å²) in [4.78, 5) is 10.6. The molecule has 0 amide bonds. The van der Waals surface area contributed by atoms with Gasteiger partial charge < -0.3 is 15.2 Å². The van der Waals surface area contributed by atoms with Gasteiger partial charge in [-0.3, -0.25) is 4.79 Å². The monoisotopic (exact) mass is 345 g/mol. The second kappa shape index (κ2) is 7.07. The Hall–Kier alpha value is -1.97. The molecule has 0 saturated carbocycles. The summed E-state index contributed by atoms with van der Waals surface area (Å²) in [6.07, 6.45) is -15.3. The molecule has 1 rings (SSSR count). The van der Waals surface area contributed by atoms with Gasteiger partial charge in [-0.25, -0.2) is 4.39 Å². The summed E-state index contributed by atoms with van der Waals surface area (Å²) >= 11 is 0. The molecular formula is C13H13F6NO3. The second-order valence-corrected chi connectivity index (χ2v) is 4.65. The molecule has 10 heteroatoms. The number of carboxylic acid groups (broad SMARTS) is 1. The Morgan fingerprint density at radius 2 is 1.74 bits per heavy atom. The molecule has 0 bridgehead atoms. The Morgan fingerprint density at radius 3 is 2.17 bits per heavy atom. The molecule has 0 aliphatic carbocycles. The highest BCUT2D eigenvalue weighted by Crippen LogP contribution is 2.36. The van der Waals surface area contributed by atoms with Crippen LogP contribution in [0.3, 0.4) is 0 Å². The van der Waals surface area contributed by atoms with Crippen LogP contribution < -0.4 is 10.1 Å². The Balaban J connectivity index is 2.68. The molecule has 0 heterocycles. The van der Waals surface area contributed by atoms with Crippen molar-refractivity contribution in [3.05, 3.63) is 29.8 Å². The van der Waals surface area contributed by atoms with Crippen molar-refractivity contribution in [1.29, 1.82) is 0 Å². The van der Waals surface area contributed by atoms with Gasteiger partial charge in [0.1, 0.15) is 11.8 Å². The van der Waals surface area contributed by atoms with E-state index >= 15 is 0 Å². The molecule has 4 nitrogen and oxygen atoms in total. The average molecular weight is 345 g/mol. The topological polar surface area (TPSA) is 58.6 Å². The van der Waals surface area contributed by atoms with Gasteiger partial charge in [-0.1, -0.05) is 12.1 Å². The van der Waals surface area contributed by atoms with Gasteiger partial charge in [-0.15, -0.1) is 0 Å². The van der Waals surface area contributed by atoms with Crippen molar-refractivity contribution in [2.75, 3.05) is 0 Å². The smallest absolute Gasteiger partial charge is 0.439 e. The van der Waals surface area contributed by atoms with Crippen LogP contribution in [0, 0.1) is 0 Å². The van der Waals surface area contributed by atoms with Gasteiger partial charge >= 0.3 is 18.3 Å². The van der Waals surface area contributed by atoms with Crippen molar-refractivity contribution in [1.82, 2.24) is 5.32 Å². The highest BCUT2D eigenvalue weighted by Gasteiger charge is 2.59. The maximum atomic E-state index is 13.0. The summed E-state index contributed by atoms with van der Waals surface area (Å²) in [6, 6.07) is 3.47. The summed E-state index contributed by atoms with van der Waals surface area (Å²) < 4.78 is 78.4. The summed E-state index contributed by atoms with van der Waals surface area (Å²) in [5, 5.41) is 11.3. The van der Waals surface area contributed by atoms with Crippen LogP contribution in [0.25, 0.3) is 0 Å². The Morgan fingerprint density at radius 1 is 1.22 bits per heavy atom. The maximum absolute atomic E-state index is 13.0. The number of halogens is 6. The molecule has 0 aliphatic rings. The lowest BCUT2D eigenvalue weighted by Crippen LogP contribution is -2.45. The zero-order valence-corrected chi connectivity index (χ0v) is 11.7. The number of nitrogens with one attached hydrogen (secondary N) is 1. The second-order valence-electron chi connectivity index (χ2n) is 4.65. The minimum atomic E-state index is -5.75. The molecule has 130 valence electrons. The normalized spacial score (nSPS) is 15.1. The number of alkyl halides is 6. The number of aliphatic carboxylic acids is 1. The van der Waals surface area contributed by atoms with Crippen molar-refractivity contribution in [3.63, 3.8) is 0 Å². The van der Waals surface area contributed by atoms with Crippen LogP contribution in [-0.2, 0) is 11.3 Å². The van der Waals surface area contributed by atoms with Gasteiger partial charge in [0.2, 0.25) is 0 Å². The highest BCUT2D eigenvalue weighted by molar-refractivity contribution is 5.72. The fraction of sp³-hybridized carbons (Fsp3) is 0.462. The molecular weight excluding hydrogens is 332 g/mol. The third kappa shape index (κ3) is 5.62. The number of rotatable bonds is 7. The van der Waals surface area contributed by atoms with Gasteiger partial charge in [-0.2, -0.15) is 22.0 Å². The fourth-order valence-electron chi connectivity index (χ4n) is 1.43. The number of benzene rings is 1. The molecule has 1 aromatic carbocycles. The van der Waals surface area contributed by atoms with Gasteiger partial charge in [0, 0.05) is 6.54 Å². The first-order valence-corrected chi connectivity index (χ1v) is 6.26. The van der Waals surface area contributed by atoms with Crippen molar-refractivity contribution in [2.45, 2.75) is 38.0 Å². The number of carboxylic acids is 1. The molecule has 0 radical (unpaired) electrons. The summed E-state index contributed by atoms with van der Waals surface area (Å²) in [5.41, 5.74) is 0.474. The SMILES string of the molecule is CC(NCc1ccc(OC(F)(F)C(F)C(F)(F)F)cc1)C(=O)O. The minimum Gasteiger partial charge on any atom is -0.480 e. The average Bonchev–Trinajstić information content (AvgIpc) is 2.43. The van der Waals surface area contributed by atoms with Gasteiger partial charge in [0.15, 0.2) is 0 Å². The van der Waals surface area contributed by atoms with Gasteiger partial charge in [0.05, 0.1) is 0 Å². The Labute approximate surface area is 127 Å². The number of hydrogen-bond acceptors (Lipinski definition) is 3. The van der Waals surface area contributed by atoms with Gasteiger partial charge in [0.25, 0.3) is 6.17 Å². The Bertz CT molecular complexity index is 532. The molecule has 1 aromatic rings. The highest BCUT2D eigenvalue weighted by atomic mass is 19.4. The predicted octanol–water partition coefficient (Wildman–Crippen LogP) is 3.12. The lowest BCUT2D eigenvalue weighted by atomic mass is 10.2. The van der Waals surface area contributed by atoms with Crippen molar-refractivity contribution >= 4 is 5.97 Å². The first kappa shape index (κ1) is 19.1. The minimum absolute atomic E-state index is 0.0818. The molecule has 0 fully saturated rings. The van der Waals surface area contributed by atoms with E-state index in [1.165, 1.54) is 19.1 Å². The molecule has 2 atom stereocenters. The van der Waals surface area contributed by atoms with Crippen molar-refractivity contribution in [3.8, 4) is 5.75 Å². The molecule has 0 saturated heterocycles. The number of carbonyl (C=O) groups is 1. The van der Waals surface area contributed by atoms with Crippen LogP contribution in [0.15, 0.2) is 24.3 Å². The maximum Gasteiger partial charge on any atom is 0.439 e. The van der Waals surface area contributed by atoms with Crippen LogP contribution in [0.1, 0.15) is 12.5 Å². The zero-order chi connectivity index (χ0) is 17.8. The molecule has 2 unspecified atom stereocenters. The van der Waals surface area contributed by atoms with Crippen LogP contribution in [0.2, 0.25) is 0 Å². The lowest BCUT2D eigenvalue weighted by molar-refractivity contribution is -0.304. The van der Waals surface area contributed by atoms with Crippen LogP contribution >= 0.6 is 0 Å². The standard InChI is InChI=1S/C13H13F6NO3/c1-7(10(21)22)20-6-8-2-4-9(5-3-8)23-13(18,19)11(14)12(15,16)17/h2-5,7,11,20H,6H2,1H3,(H,21,22). The van der Waals surface area contributed by atoms with E-state index < -0.39 is 36.2 Å². The first-order valence-electron chi connectivity index (χ1n) is 6.26. The predicted molar refractivity (Wildman–Crippen MR) is 66.9 cm³/mol. The summed E-state index contributed by atoms with van der Waals surface area (Å²) in [7, 11) is 0. The molecule has 0 aromatic heterocycles. The van der Waals surface area contributed by atoms with Crippen LogP contribution in [-0.4, -0.2) is 35.6 Å². The third-order valence-corrected chi connectivity index (χ3v) is 2.74. The van der Waals surface area contributed by atoms with E-state index in [1.807, 2.05) is 0 Å². The zero-order valence-electron chi connectivity index (χ0n) is 11.7. The van der Waals surface area contributed by atoms with Crippen LogP contribution in [0.4, 0.5) is 26.3 Å². The molecule has 0 spiro atoms.